The Hall–Kier alpha value is -3.15. The van der Waals surface area contributed by atoms with Crippen LogP contribution in [0.2, 0.25) is 0 Å². The predicted octanol–water partition coefficient (Wildman–Crippen LogP) is 2.91. The Morgan fingerprint density at radius 1 is 1.09 bits per heavy atom. The van der Waals surface area contributed by atoms with Crippen LogP contribution in [0.15, 0.2) is 48.5 Å². The summed E-state index contributed by atoms with van der Waals surface area (Å²) in [5.74, 6) is 0.0584. The molecule has 0 fully saturated rings. The summed E-state index contributed by atoms with van der Waals surface area (Å²) in [6.45, 7) is 3.88. The maximum Gasteiger partial charge on any atom is 0.281 e. The van der Waals surface area contributed by atoms with Crippen LogP contribution in [0.5, 0.6) is 0 Å². The standard InChI is InChI=1S/C17H17N5O/c1-11-7-9-13(10-8-11)19-17-20-16(18)21-22(17)15(23)14-6-4-3-5-12(14)2/h3-10H,1-2H3,(H3,18,19,20,21). The van der Waals surface area contributed by atoms with Crippen molar-refractivity contribution in [3.05, 3.63) is 65.2 Å². The molecule has 0 atom stereocenters. The van der Waals surface area contributed by atoms with Crippen molar-refractivity contribution in [1.29, 1.82) is 0 Å². The molecule has 3 N–H and O–H groups in total. The zero-order chi connectivity index (χ0) is 16.4. The highest BCUT2D eigenvalue weighted by atomic mass is 16.2. The Kier molecular flexibility index (Phi) is 3.80. The van der Waals surface area contributed by atoms with Crippen LogP contribution in [-0.2, 0) is 0 Å². The van der Waals surface area contributed by atoms with Crippen molar-refractivity contribution in [3.8, 4) is 0 Å². The van der Waals surface area contributed by atoms with Crippen LogP contribution in [0.4, 0.5) is 17.6 Å². The summed E-state index contributed by atoms with van der Waals surface area (Å²) in [6.07, 6.45) is 0. The molecule has 1 heterocycles. The molecule has 3 aromatic rings. The van der Waals surface area contributed by atoms with Gasteiger partial charge in [-0.05, 0) is 37.6 Å². The molecule has 0 amide bonds. The first kappa shape index (κ1) is 14.8. The monoisotopic (exact) mass is 307 g/mol. The van der Waals surface area contributed by atoms with Crippen molar-refractivity contribution in [2.24, 2.45) is 0 Å². The fraction of sp³-hybridized carbons (Fsp3) is 0.118. The fourth-order valence-corrected chi connectivity index (χ4v) is 2.24. The van der Waals surface area contributed by atoms with E-state index in [1.54, 1.807) is 6.07 Å². The molecular weight excluding hydrogens is 290 g/mol. The zero-order valence-electron chi connectivity index (χ0n) is 12.9. The zero-order valence-corrected chi connectivity index (χ0v) is 12.9. The molecule has 0 aliphatic heterocycles. The number of benzene rings is 2. The summed E-state index contributed by atoms with van der Waals surface area (Å²) in [5.41, 5.74) is 9.06. The number of rotatable bonds is 3. The lowest BCUT2D eigenvalue weighted by Crippen LogP contribution is -2.17. The van der Waals surface area contributed by atoms with Crippen LogP contribution in [0, 0.1) is 13.8 Å². The van der Waals surface area contributed by atoms with Gasteiger partial charge in [-0.25, -0.2) is 0 Å². The average Bonchev–Trinajstić information content (AvgIpc) is 2.90. The third kappa shape index (κ3) is 3.06. The molecule has 6 nitrogen and oxygen atoms in total. The highest BCUT2D eigenvalue weighted by Gasteiger charge is 2.18. The van der Waals surface area contributed by atoms with E-state index in [4.69, 9.17) is 5.73 Å². The Morgan fingerprint density at radius 2 is 1.78 bits per heavy atom. The highest BCUT2D eigenvalue weighted by Crippen LogP contribution is 2.18. The Morgan fingerprint density at radius 3 is 2.48 bits per heavy atom. The first-order valence-electron chi connectivity index (χ1n) is 7.21. The molecular formula is C17H17N5O. The molecule has 3 rings (SSSR count). The summed E-state index contributed by atoms with van der Waals surface area (Å²) in [5, 5.41) is 7.09. The minimum absolute atomic E-state index is 0.0431. The van der Waals surface area contributed by atoms with Gasteiger partial charge in [0, 0.05) is 11.3 Å². The van der Waals surface area contributed by atoms with Crippen molar-refractivity contribution in [3.63, 3.8) is 0 Å². The van der Waals surface area contributed by atoms with E-state index in [0.29, 0.717) is 11.5 Å². The lowest BCUT2D eigenvalue weighted by Gasteiger charge is -2.08. The number of nitrogen functional groups attached to an aromatic ring is 1. The Labute approximate surface area is 134 Å². The van der Waals surface area contributed by atoms with Crippen LogP contribution >= 0.6 is 0 Å². The molecule has 2 aromatic carbocycles. The Balaban J connectivity index is 1.96. The smallest absolute Gasteiger partial charge is 0.281 e. The van der Waals surface area contributed by atoms with E-state index in [2.05, 4.69) is 15.4 Å². The lowest BCUT2D eigenvalue weighted by atomic mass is 10.1. The maximum absolute atomic E-state index is 12.7. The van der Waals surface area contributed by atoms with Gasteiger partial charge < -0.3 is 11.1 Å². The van der Waals surface area contributed by atoms with E-state index in [-0.39, 0.29) is 11.9 Å². The second-order valence-electron chi connectivity index (χ2n) is 5.32. The molecule has 23 heavy (non-hydrogen) atoms. The van der Waals surface area contributed by atoms with E-state index in [1.165, 1.54) is 4.68 Å². The number of aromatic nitrogens is 3. The van der Waals surface area contributed by atoms with Crippen molar-refractivity contribution in [2.45, 2.75) is 13.8 Å². The third-order valence-electron chi connectivity index (χ3n) is 3.50. The molecule has 0 bridgehead atoms. The second kappa shape index (κ2) is 5.92. The molecule has 6 heteroatoms. The van der Waals surface area contributed by atoms with Gasteiger partial charge in [-0.2, -0.15) is 9.67 Å². The molecule has 116 valence electrons. The van der Waals surface area contributed by atoms with Crippen LogP contribution in [-0.4, -0.2) is 20.7 Å². The molecule has 0 aliphatic carbocycles. The molecule has 0 unspecified atom stereocenters. The predicted molar refractivity (Wildman–Crippen MR) is 89.8 cm³/mol. The number of hydrogen-bond donors (Lipinski definition) is 2. The van der Waals surface area contributed by atoms with Crippen molar-refractivity contribution < 1.29 is 4.79 Å². The van der Waals surface area contributed by atoms with E-state index in [1.807, 2.05) is 56.3 Å². The first-order valence-corrected chi connectivity index (χ1v) is 7.21. The SMILES string of the molecule is Cc1ccc(Nc2nc(N)nn2C(=O)c2ccccc2C)cc1. The number of anilines is 3. The molecule has 0 spiro atoms. The number of hydrogen-bond acceptors (Lipinski definition) is 5. The van der Waals surface area contributed by atoms with Gasteiger partial charge in [0.05, 0.1) is 0 Å². The fourth-order valence-electron chi connectivity index (χ4n) is 2.24. The number of carbonyl (C=O) groups excluding carboxylic acids is 1. The van der Waals surface area contributed by atoms with E-state index in [0.717, 1.165) is 16.8 Å². The summed E-state index contributed by atoms with van der Waals surface area (Å²) in [6, 6.07) is 15.1. The number of nitrogens with two attached hydrogens (primary N) is 1. The van der Waals surface area contributed by atoms with Gasteiger partial charge in [-0.15, -0.1) is 5.10 Å². The number of aryl methyl sites for hydroxylation is 2. The van der Waals surface area contributed by atoms with E-state index >= 15 is 0 Å². The van der Waals surface area contributed by atoms with Gasteiger partial charge in [0.15, 0.2) is 0 Å². The van der Waals surface area contributed by atoms with Gasteiger partial charge in [0.25, 0.3) is 5.91 Å². The van der Waals surface area contributed by atoms with Crippen molar-refractivity contribution in [2.75, 3.05) is 11.1 Å². The summed E-state index contributed by atoms with van der Waals surface area (Å²) < 4.78 is 1.19. The van der Waals surface area contributed by atoms with Gasteiger partial charge >= 0.3 is 0 Å². The first-order chi connectivity index (χ1) is 11.0. The normalized spacial score (nSPS) is 10.5. The van der Waals surface area contributed by atoms with Crippen molar-refractivity contribution in [1.82, 2.24) is 14.8 Å². The van der Waals surface area contributed by atoms with Gasteiger partial charge in [0.2, 0.25) is 11.9 Å². The van der Waals surface area contributed by atoms with Crippen molar-refractivity contribution >= 4 is 23.5 Å². The van der Waals surface area contributed by atoms with Crippen LogP contribution in [0.1, 0.15) is 21.5 Å². The number of nitrogens with zero attached hydrogens (tertiary/aromatic N) is 3. The largest absolute Gasteiger partial charge is 0.366 e. The van der Waals surface area contributed by atoms with E-state index in [9.17, 15) is 4.79 Å². The van der Waals surface area contributed by atoms with Crippen LogP contribution in [0.25, 0.3) is 0 Å². The minimum atomic E-state index is -0.276. The topological polar surface area (TPSA) is 85.8 Å². The van der Waals surface area contributed by atoms with Gasteiger partial charge in [-0.1, -0.05) is 35.9 Å². The second-order valence-corrected chi connectivity index (χ2v) is 5.32. The number of nitrogens with one attached hydrogen (secondary N) is 1. The number of carbonyl (C=O) groups is 1. The summed E-state index contributed by atoms with van der Waals surface area (Å²) in [7, 11) is 0. The molecule has 0 saturated heterocycles. The molecule has 0 aliphatic rings. The maximum atomic E-state index is 12.7. The minimum Gasteiger partial charge on any atom is -0.366 e. The van der Waals surface area contributed by atoms with Crippen LogP contribution in [0.3, 0.4) is 0 Å². The highest BCUT2D eigenvalue weighted by molar-refractivity contribution is 5.98. The average molecular weight is 307 g/mol. The Bertz CT molecular complexity index is 852. The van der Waals surface area contributed by atoms with Gasteiger partial charge in [0.1, 0.15) is 0 Å². The molecule has 0 radical (unpaired) electrons. The molecule has 1 aromatic heterocycles. The van der Waals surface area contributed by atoms with Gasteiger partial charge in [-0.3, -0.25) is 4.79 Å². The van der Waals surface area contributed by atoms with E-state index < -0.39 is 0 Å². The lowest BCUT2D eigenvalue weighted by molar-refractivity contribution is 0.0947. The third-order valence-corrected chi connectivity index (χ3v) is 3.50. The summed E-state index contributed by atoms with van der Waals surface area (Å²) >= 11 is 0. The molecule has 0 saturated carbocycles. The quantitative estimate of drug-likeness (QED) is 0.777. The summed E-state index contributed by atoms with van der Waals surface area (Å²) in [4.78, 5) is 16.8. The van der Waals surface area contributed by atoms with Crippen LogP contribution < -0.4 is 11.1 Å².